The van der Waals surface area contributed by atoms with E-state index in [1.165, 1.54) is 33.1 Å². The van der Waals surface area contributed by atoms with Crippen molar-refractivity contribution in [1.29, 1.82) is 0 Å². The van der Waals surface area contributed by atoms with Gasteiger partial charge in [0.05, 0.1) is 26.6 Å². The number of para-hydroxylation sites is 1. The summed E-state index contributed by atoms with van der Waals surface area (Å²) in [6, 6.07) is 10.7. The smallest absolute Gasteiger partial charge is 0.220 e. The SMILES string of the molecule is COc1cc([C@@H](C[N+](=O)[O-])Sc2ccccc2N)cc(OC)c1OC. The Labute approximate surface area is 150 Å². The molecule has 0 bridgehead atoms. The van der Waals surface area contributed by atoms with Gasteiger partial charge in [-0.2, -0.15) is 0 Å². The van der Waals surface area contributed by atoms with Crippen molar-refractivity contribution in [2.24, 2.45) is 0 Å². The van der Waals surface area contributed by atoms with Gasteiger partial charge in [0.15, 0.2) is 11.5 Å². The third-order valence-electron chi connectivity index (χ3n) is 3.56. The molecular weight excluding hydrogens is 344 g/mol. The Hall–Kier alpha value is -2.61. The van der Waals surface area contributed by atoms with Crippen LogP contribution in [0.3, 0.4) is 0 Å². The summed E-state index contributed by atoms with van der Waals surface area (Å²) in [6.07, 6.45) is 0. The summed E-state index contributed by atoms with van der Waals surface area (Å²) in [5, 5.41) is 10.7. The largest absolute Gasteiger partial charge is 0.493 e. The number of benzene rings is 2. The minimum Gasteiger partial charge on any atom is -0.493 e. The molecule has 0 heterocycles. The molecule has 2 N–H and O–H groups in total. The van der Waals surface area contributed by atoms with E-state index in [1.807, 2.05) is 18.2 Å². The Morgan fingerprint density at radius 2 is 1.72 bits per heavy atom. The van der Waals surface area contributed by atoms with Gasteiger partial charge in [-0.15, -0.1) is 11.8 Å². The van der Waals surface area contributed by atoms with Crippen molar-refractivity contribution in [2.75, 3.05) is 33.6 Å². The fourth-order valence-electron chi connectivity index (χ4n) is 2.37. The molecule has 0 aliphatic carbocycles. The zero-order valence-electron chi connectivity index (χ0n) is 14.2. The molecule has 0 spiro atoms. The third kappa shape index (κ3) is 4.48. The molecule has 2 rings (SSSR count). The molecule has 1 atom stereocenters. The summed E-state index contributed by atoms with van der Waals surface area (Å²) in [6.45, 7) is -0.266. The number of hydrogen-bond acceptors (Lipinski definition) is 7. The highest BCUT2D eigenvalue weighted by Gasteiger charge is 2.24. The number of nitrogens with two attached hydrogens (primary N) is 1. The zero-order chi connectivity index (χ0) is 18.4. The van der Waals surface area contributed by atoms with Crippen molar-refractivity contribution in [3.05, 3.63) is 52.1 Å². The Morgan fingerprint density at radius 1 is 1.12 bits per heavy atom. The second-order valence-corrected chi connectivity index (χ2v) is 6.36. The number of nitro groups is 1. The molecular formula is C17H20N2O5S. The minimum absolute atomic E-state index is 0.266. The molecule has 0 saturated carbocycles. The van der Waals surface area contributed by atoms with Crippen LogP contribution in [-0.4, -0.2) is 32.8 Å². The first-order valence-corrected chi connectivity index (χ1v) is 8.31. The molecule has 0 radical (unpaired) electrons. The highest BCUT2D eigenvalue weighted by molar-refractivity contribution is 7.99. The van der Waals surface area contributed by atoms with E-state index in [0.29, 0.717) is 28.5 Å². The molecule has 8 heteroatoms. The number of hydrogen-bond donors (Lipinski definition) is 1. The Bertz CT molecular complexity index is 729. The molecule has 0 aliphatic rings. The second kappa shape index (κ2) is 8.48. The van der Waals surface area contributed by atoms with E-state index >= 15 is 0 Å². The Morgan fingerprint density at radius 3 is 2.20 bits per heavy atom. The topological polar surface area (TPSA) is 96.9 Å². The first-order valence-electron chi connectivity index (χ1n) is 7.43. The minimum atomic E-state index is -0.464. The van der Waals surface area contributed by atoms with Crippen molar-refractivity contribution >= 4 is 17.4 Å². The van der Waals surface area contributed by atoms with Gasteiger partial charge in [-0.05, 0) is 29.8 Å². The molecule has 7 nitrogen and oxygen atoms in total. The van der Waals surface area contributed by atoms with Crippen LogP contribution in [-0.2, 0) is 0 Å². The van der Waals surface area contributed by atoms with Crippen molar-refractivity contribution in [3.8, 4) is 17.2 Å². The first-order chi connectivity index (χ1) is 12.0. The highest BCUT2D eigenvalue weighted by Crippen LogP contribution is 2.44. The summed E-state index contributed by atoms with van der Waals surface area (Å²) < 4.78 is 16.0. The number of rotatable bonds is 8. The second-order valence-electron chi connectivity index (χ2n) is 5.12. The van der Waals surface area contributed by atoms with Gasteiger partial charge in [0.2, 0.25) is 12.3 Å². The van der Waals surface area contributed by atoms with Crippen molar-refractivity contribution in [3.63, 3.8) is 0 Å². The fraction of sp³-hybridized carbons (Fsp3) is 0.294. The van der Waals surface area contributed by atoms with Gasteiger partial charge >= 0.3 is 0 Å². The maximum atomic E-state index is 11.2. The lowest BCUT2D eigenvalue weighted by Gasteiger charge is -2.18. The van der Waals surface area contributed by atoms with Crippen molar-refractivity contribution in [1.82, 2.24) is 0 Å². The normalized spacial score (nSPS) is 11.6. The molecule has 0 unspecified atom stereocenters. The van der Waals surface area contributed by atoms with Crippen LogP contribution in [0, 0.1) is 10.1 Å². The van der Waals surface area contributed by atoms with Gasteiger partial charge in [-0.25, -0.2) is 0 Å². The van der Waals surface area contributed by atoms with Crippen molar-refractivity contribution in [2.45, 2.75) is 10.1 Å². The van der Waals surface area contributed by atoms with E-state index in [2.05, 4.69) is 0 Å². The first kappa shape index (κ1) is 18.7. The molecule has 0 amide bonds. The van der Waals surface area contributed by atoms with Crippen LogP contribution < -0.4 is 19.9 Å². The predicted molar refractivity (Wildman–Crippen MR) is 97.4 cm³/mol. The molecule has 25 heavy (non-hydrogen) atoms. The van der Waals surface area contributed by atoms with E-state index < -0.39 is 5.25 Å². The van der Waals surface area contributed by atoms with Gasteiger partial charge in [-0.1, -0.05) is 12.1 Å². The number of nitrogen functional groups attached to an aromatic ring is 1. The summed E-state index contributed by atoms with van der Waals surface area (Å²) in [5.74, 6) is 1.34. The van der Waals surface area contributed by atoms with E-state index in [1.54, 1.807) is 18.2 Å². The lowest BCUT2D eigenvalue weighted by atomic mass is 10.1. The quantitative estimate of drug-likeness (QED) is 0.332. The molecule has 0 fully saturated rings. The van der Waals surface area contributed by atoms with Gasteiger partial charge in [0, 0.05) is 15.5 Å². The number of methoxy groups -OCH3 is 3. The van der Waals surface area contributed by atoms with Crippen LogP contribution in [0.4, 0.5) is 5.69 Å². The molecule has 2 aromatic carbocycles. The van der Waals surface area contributed by atoms with Gasteiger partial charge in [0.25, 0.3) is 0 Å². The summed E-state index contributed by atoms with van der Waals surface area (Å²) in [7, 11) is 4.52. The standard InChI is InChI=1S/C17H20N2O5S/c1-22-13-8-11(9-14(23-2)17(13)24-3)16(10-19(20)21)25-15-7-5-4-6-12(15)18/h4-9,16H,10,18H2,1-3H3/t16-/m1/s1. The Kier molecular flexibility index (Phi) is 6.35. The monoisotopic (exact) mass is 364 g/mol. The molecule has 2 aromatic rings. The number of anilines is 1. The maximum absolute atomic E-state index is 11.2. The van der Waals surface area contributed by atoms with E-state index in [9.17, 15) is 10.1 Å². The molecule has 0 aromatic heterocycles. The van der Waals surface area contributed by atoms with Crippen LogP contribution >= 0.6 is 11.8 Å². The van der Waals surface area contributed by atoms with Crippen LogP contribution in [0.2, 0.25) is 0 Å². The van der Waals surface area contributed by atoms with Gasteiger partial charge in [-0.3, -0.25) is 10.1 Å². The summed E-state index contributed by atoms with van der Waals surface area (Å²) >= 11 is 1.33. The van der Waals surface area contributed by atoms with Crippen LogP contribution in [0.1, 0.15) is 10.8 Å². The zero-order valence-corrected chi connectivity index (χ0v) is 15.0. The number of nitrogens with zero attached hydrogens (tertiary/aromatic N) is 1. The lowest BCUT2D eigenvalue weighted by molar-refractivity contribution is -0.479. The van der Waals surface area contributed by atoms with E-state index in [-0.39, 0.29) is 11.5 Å². The van der Waals surface area contributed by atoms with Gasteiger partial charge < -0.3 is 19.9 Å². The van der Waals surface area contributed by atoms with Crippen molar-refractivity contribution < 1.29 is 19.1 Å². The molecule has 134 valence electrons. The predicted octanol–water partition coefficient (Wildman–Crippen LogP) is 3.40. The van der Waals surface area contributed by atoms with Crippen LogP contribution in [0.25, 0.3) is 0 Å². The van der Waals surface area contributed by atoms with E-state index in [0.717, 1.165) is 4.90 Å². The highest BCUT2D eigenvalue weighted by atomic mass is 32.2. The Balaban J connectivity index is 2.47. The third-order valence-corrected chi connectivity index (χ3v) is 4.89. The van der Waals surface area contributed by atoms with E-state index in [4.69, 9.17) is 19.9 Å². The average molecular weight is 364 g/mol. The summed E-state index contributed by atoms with van der Waals surface area (Å²) in [5.41, 5.74) is 7.25. The van der Waals surface area contributed by atoms with Crippen LogP contribution in [0.15, 0.2) is 41.3 Å². The average Bonchev–Trinajstić information content (AvgIpc) is 2.61. The summed E-state index contributed by atoms with van der Waals surface area (Å²) in [4.78, 5) is 11.6. The maximum Gasteiger partial charge on any atom is 0.220 e. The van der Waals surface area contributed by atoms with Gasteiger partial charge in [0.1, 0.15) is 0 Å². The lowest BCUT2D eigenvalue weighted by Crippen LogP contribution is -2.11. The number of ether oxygens (including phenoxy) is 3. The van der Waals surface area contributed by atoms with Crippen LogP contribution in [0.5, 0.6) is 17.2 Å². The fourth-order valence-corrected chi connectivity index (χ4v) is 3.51. The molecule has 0 saturated heterocycles. The molecule has 0 aliphatic heterocycles. The number of thioether (sulfide) groups is 1.